The van der Waals surface area contributed by atoms with Gasteiger partial charge in [0.1, 0.15) is 0 Å². The van der Waals surface area contributed by atoms with Crippen molar-refractivity contribution in [3.05, 3.63) is 89.6 Å². The Morgan fingerprint density at radius 3 is 2.52 bits per heavy atom. The first-order valence-electron chi connectivity index (χ1n) is 13.3. The van der Waals surface area contributed by atoms with Gasteiger partial charge in [0.05, 0.1) is 35.7 Å². The van der Waals surface area contributed by atoms with E-state index in [0.717, 1.165) is 11.0 Å². The van der Waals surface area contributed by atoms with Gasteiger partial charge in [-0.2, -0.15) is 18.3 Å². The maximum absolute atomic E-state index is 14.3. The fourth-order valence-corrected chi connectivity index (χ4v) is 5.22. The summed E-state index contributed by atoms with van der Waals surface area (Å²) >= 11 is 1.42. The molecule has 2 amide bonds. The van der Waals surface area contributed by atoms with Crippen molar-refractivity contribution in [3.8, 4) is 11.5 Å². The quantitative estimate of drug-likeness (QED) is 0.110. The Hall–Kier alpha value is -4.78. The molecule has 230 valence electrons. The number of carbonyl (C=O) groups excluding carboxylic acids is 2. The first kappa shape index (κ1) is 32.1. The van der Waals surface area contributed by atoms with Gasteiger partial charge in [-0.25, -0.2) is 5.43 Å². The largest absolute Gasteiger partial charge is 0.504 e. The zero-order chi connectivity index (χ0) is 31.9. The monoisotopic (exact) mass is 625 g/mol. The number of pyridine rings is 1. The highest BCUT2D eigenvalue weighted by Crippen LogP contribution is 2.39. The predicted molar refractivity (Wildman–Crippen MR) is 164 cm³/mol. The maximum Gasteiger partial charge on any atom is 0.417 e. The smallest absolute Gasteiger partial charge is 0.417 e. The van der Waals surface area contributed by atoms with Gasteiger partial charge in [0.15, 0.2) is 11.5 Å². The van der Waals surface area contributed by atoms with Crippen LogP contribution in [0, 0.1) is 0 Å². The Kier molecular flexibility index (Phi) is 10.3. The molecule has 0 saturated heterocycles. The topological polar surface area (TPSA) is 116 Å². The van der Waals surface area contributed by atoms with Gasteiger partial charge in [0.25, 0.3) is 5.91 Å². The Morgan fingerprint density at radius 2 is 1.86 bits per heavy atom. The lowest BCUT2D eigenvalue weighted by Crippen LogP contribution is -2.33. The molecule has 4 rings (SSSR count). The molecule has 1 atom stereocenters. The van der Waals surface area contributed by atoms with E-state index in [1.54, 1.807) is 20.2 Å². The molecular formula is C31H30F3N5O4S. The number of hydrogen-bond donors (Lipinski definition) is 3. The highest BCUT2D eigenvalue weighted by atomic mass is 32.2. The molecule has 0 aliphatic rings. The fraction of sp³-hybridized carbons (Fsp3) is 0.226. The molecule has 44 heavy (non-hydrogen) atoms. The highest BCUT2D eigenvalue weighted by molar-refractivity contribution is 7.99. The van der Waals surface area contributed by atoms with Crippen LogP contribution >= 0.6 is 11.8 Å². The Labute approximate surface area is 256 Å². The zero-order valence-corrected chi connectivity index (χ0v) is 24.9. The van der Waals surface area contributed by atoms with Gasteiger partial charge in [0, 0.05) is 48.8 Å². The van der Waals surface area contributed by atoms with Crippen molar-refractivity contribution in [1.29, 1.82) is 0 Å². The maximum atomic E-state index is 14.3. The van der Waals surface area contributed by atoms with E-state index in [-0.39, 0.29) is 46.0 Å². The number of fused-ring (bicyclic) bond motifs is 1. The average molecular weight is 626 g/mol. The lowest BCUT2D eigenvalue weighted by atomic mass is 10.0. The molecule has 0 spiro atoms. The van der Waals surface area contributed by atoms with E-state index >= 15 is 0 Å². The summed E-state index contributed by atoms with van der Waals surface area (Å²) in [7, 11) is 4.58. The Balaban J connectivity index is 1.74. The van der Waals surface area contributed by atoms with Crippen molar-refractivity contribution in [2.24, 2.45) is 5.10 Å². The van der Waals surface area contributed by atoms with Crippen LogP contribution in [0.5, 0.6) is 11.5 Å². The molecule has 1 aromatic heterocycles. The van der Waals surface area contributed by atoms with Crippen molar-refractivity contribution in [3.63, 3.8) is 0 Å². The summed E-state index contributed by atoms with van der Waals surface area (Å²) in [6, 6.07) is 16.7. The third-order valence-corrected chi connectivity index (χ3v) is 7.66. The van der Waals surface area contributed by atoms with E-state index in [1.807, 2.05) is 30.3 Å². The number of aromatic hydroxyl groups is 1. The Bertz CT molecular complexity index is 1670. The molecule has 3 N–H and O–H groups in total. The van der Waals surface area contributed by atoms with Crippen molar-refractivity contribution in [1.82, 2.24) is 15.3 Å². The highest BCUT2D eigenvalue weighted by Gasteiger charge is 2.35. The van der Waals surface area contributed by atoms with Crippen LogP contribution in [-0.4, -0.2) is 66.0 Å². The van der Waals surface area contributed by atoms with Crippen LogP contribution in [0.2, 0.25) is 0 Å². The van der Waals surface area contributed by atoms with E-state index in [9.17, 15) is 27.9 Å². The average Bonchev–Trinajstić information content (AvgIpc) is 2.99. The first-order chi connectivity index (χ1) is 21.0. The second-order valence-corrected chi connectivity index (χ2v) is 10.9. The van der Waals surface area contributed by atoms with Crippen molar-refractivity contribution < 1.29 is 32.6 Å². The zero-order valence-electron chi connectivity index (χ0n) is 24.1. The number of alkyl halides is 3. The van der Waals surface area contributed by atoms with Gasteiger partial charge < -0.3 is 20.1 Å². The standard InChI is InChI=1S/C31H30F3N5O4S/c1-39(2)27(41)15-20(18-44-21-8-5-4-6-9-21)37-29-22(17-35-24-11-7-10-23(28(24)29)31(32,33)34)30(42)38-36-16-19-12-13-26(43-3)25(40)14-19/h4-14,16-17,20,40H,15,18H2,1-3H3,(H,35,37)(H,38,42)/b36-16+. The second kappa shape index (κ2) is 14.1. The molecule has 9 nitrogen and oxygen atoms in total. The number of aromatic nitrogens is 1. The minimum absolute atomic E-state index is 0.0180. The van der Waals surface area contributed by atoms with Gasteiger partial charge in [-0.1, -0.05) is 24.3 Å². The summed E-state index contributed by atoms with van der Waals surface area (Å²) in [5.74, 6) is -0.663. The first-order valence-corrected chi connectivity index (χ1v) is 14.3. The van der Waals surface area contributed by atoms with Gasteiger partial charge in [-0.05, 0) is 48.0 Å². The number of methoxy groups -OCH3 is 1. The number of rotatable bonds is 11. The number of phenols is 1. The van der Waals surface area contributed by atoms with Gasteiger partial charge in [0.2, 0.25) is 5.91 Å². The van der Waals surface area contributed by atoms with Crippen LogP contribution in [0.1, 0.15) is 27.9 Å². The van der Waals surface area contributed by atoms with Crippen LogP contribution in [0.4, 0.5) is 18.9 Å². The number of nitrogens with zero attached hydrogens (tertiary/aromatic N) is 3. The normalized spacial score (nSPS) is 12.2. The van der Waals surface area contributed by atoms with Crippen molar-refractivity contribution >= 4 is 46.4 Å². The van der Waals surface area contributed by atoms with E-state index in [1.165, 1.54) is 60.4 Å². The lowest BCUT2D eigenvalue weighted by Gasteiger charge is -2.24. The number of carbonyl (C=O) groups is 2. The molecule has 3 aromatic carbocycles. The SMILES string of the molecule is COc1ccc(/C=N/NC(=O)c2cnc3cccc(C(F)(F)F)c3c2NC(CSc2ccccc2)CC(=O)N(C)C)cc1O. The third-order valence-electron chi connectivity index (χ3n) is 6.49. The molecule has 0 aliphatic heterocycles. The summed E-state index contributed by atoms with van der Waals surface area (Å²) in [4.78, 5) is 32.6. The van der Waals surface area contributed by atoms with Crippen LogP contribution in [-0.2, 0) is 11.0 Å². The molecule has 0 radical (unpaired) electrons. The molecule has 4 aromatic rings. The molecule has 0 bridgehead atoms. The summed E-state index contributed by atoms with van der Waals surface area (Å²) in [5, 5.41) is 16.7. The number of thioether (sulfide) groups is 1. The molecule has 1 unspecified atom stereocenters. The van der Waals surface area contributed by atoms with Crippen LogP contribution in [0.3, 0.4) is 0 Å². The number of ether oxygens (including phenoxy) is 1. The van der Waals surface area contributed by atoms with Crippen LogP contribution < -0.4 is 15.5 Å². The molecule has 0 aliphatic carbocycles. The van der Waals surface area contributed by atoms with Crippen molar-refractivity contribution in [2.45, 2.75) is 23.5 Å². The van der Waals surface area contributed by atoms with E-state index in [4.69, 9.17) is 4.74 Å². The van der Waals surface area contributed by atoms with Crippen molar-refractivity contribution in [2.75, 3.05) is 32.3 Å². The third kappa shape index (κ3) is 7.98. The minimum Gasteiger partial charge on any atom is -0.504 e. The number of nitrogens with one attached hydrogen (secondary N) is 2. The van der Waals surface area contributed by atoms with E-state index < -0.39 is 23.7 Å². The number of halogens is 3. The molecule has 0 saturated carbocycles. The number of hydrogen-bond acceptors (Lipinski definition) is 8. The minimum atomic E-state index is -4.75. The summed E-state index contributed by atoms with van der Waals surface area (Å²) in [6.45, 7) is 0. The molecule has 1 heterocycles. The number of phenolic OH excluding ortho intramolecular Hbond substituents is 1. The Morgan fingerprint density at radius 1 is 1.11 bits per heavy atom. The summed E-state index contributed by atoms with van der Waals surface area (Å²) in [5.41, 5.74) is 1.47. The van der Waals surface area contributed by atoms with Crippen LogP contribution in [0.15, 0.2) is 82.9 Å². The van der Waals surface area contributed by atoms with Gasteiger partial charge in [-0.15, -0.1) is 11.8 Å². The van der Waals surface area contributed by atoms with Gasteiger partial charge in [-0.3, -0.25) is 14.6 Å². The molecule has 13 heteroatoms. The van der Waals surface area contributed by atoms with E-state index in [0.29, 0.717) is 11.3 Å². The predicted octanol–water partition coefficient (Wildman–Crippen LogP) is 5.78. The summed E-state index contributed by atoms with van der Waals surface area (Å²) < 4.78 is 47.8. The number of benzene rings is 3. The summed E-state index contributed by atoms with van der Waals surface area (Å²) in [6.07, 6.45) is -2.38. The lowest BCUT2D eigenvalue weighted by molar-refractivity contribution is -0.136. The number of hydrazone groups is 1. The molecule has 0 fully saturated rings. The van der Waals surface area contributed by atoms with Gasteiger partial charge >= 0.3 is 6.18 Å². The molecular weight excluding hydrogens is 595 g/mol. The second-order valence-electron chi connectivity index (χ2n) is 9.83. The number of amides is 2. The van der Waals surface area contributed by atoms with E-state index in [2.05, 4.69) is 20.8 Å². The number of anilines is 1. The van der Waals surface area contributed by atoms with Crippen LogP contribution in [0.25, 0.3) is 10.9 Å². The fourth-order valence-electron chi connectivity index (χ4n) is 4.28.